The smallest absolute Gasteiger partial charge is 0.0887 e. The first-order valence-corrected chi connectivity index (χ1v) is 25.6. The SMILES string of the molecule is C=CC1C(C=N)c2ccccc2N1c1ccc(-c2ccc(-c3ccc4c(-c5ccc(-c6cccc(-c7ccccc7)c6)cc5)c5ccccc5c(-c5ccc(-c6cccc(-c7ccccc7)c6)cc5)c4c3)cn2)nc1. The topological polar surface area (TPSA) is 52.9 Å². The minimum Gasteiger partial charge on any atom is -0.332 e. The third-order valence-electron chi connectivity index (χ3n) is 15.0. The number of fused-ring (bicyclic) bond motifs is 3. The van der Waals surface area contributed by atoms with Crippen molar-refractivity contribution in [3.05, 3.63) is 279 Å². The highest BCUT2D eigenvalue weighted by Crippen LogP contribution is 2.47. The van der Waals surface area contributed by atoms with Gasteiger partial charge < -0.3 is 10.3 Å². The van der Waals surface area contributed by atoms with Gasteiger partial charge in [-0.1, -0.05) is 212 Å². The fourth-order valence-electron chi connectivity index (χ4n) is 11.3. The predicted octanol–water partition coefficient (Wildman–Crippen LogP) is 18.6. The molecule has 354 valence electrons. The molecule has 4 nitrogen and oxygen atoms in total. The second kappa shape index (κ2) is 19.3. The van der Waals surface area contributed by atoms with Crippen LogP contribution < -0.4 is 4.90 Å². The predicted molar refractivity (Wildman–Crippen MR) is 315 cm³/mol. The lowest BCUT2D eigenvalue weighted by molar-refractivity contribution is 0.789. The van der Waals surface area contributed by atoms with Gasteiger partial charge in [-0.15, -0.1) is 6.58 Å². The van der Waals surface area contributed by atoms with E-state index in [-0.39, 0.29) is 12.0 Å². The van der Waals surface area contributed by atoms with Crippen molar-refractivity contribution in [1.29, 1.82) is 5.41 Å². The lowest BCUT2D eigenvalue weighted by Gasteiger charge is -2.26. The van der Waals surface area contributed by atoms with Crippen LogP contribution in [-0.2, 0) is 0 Å². The number of rotatable bonds is 11. The molecule has 3 heterocycles. The van der Waals surface area contributed by atoms with Gasteiger partial charge in [-0.05, 0) is 142 Å². The maximum absolute atomic E-state index is 8.20. The summed E-state index contributed by atoms with van der Waals surface area (Å²) in [5, 5.41) is 13.0. The minimum atomic E-state index is -0.0711. The maximum Gasteiger partial charge on any atom is 0.0887 e. The van der Waals surface area contributed by atoms with Gasteiger partial charge in [0.25, 0.3) is 0 Å². The van der Waals surface area contributed by atoms with Crippen molar-refractivity contribution in [2.45, 2.75) is 12.0 Å². The zero-order chi connectivity index (χ0) is 50.2. The molecule has 75 heavy (non-hydrogen) atoms. The highest BCUT2D eigenvalue weighted by molar-refractivity contribution is 6.22. The van der Waals surface area contributed by atoms with Crippen molar-refractivity contribution in [2.24, 2.45) is 0 Å². The van der Waals surface area contributed by atoms with Crippen molar-refractivity contribution < 1.29 is 0 Å². The Morgan fingerprint density at radius 1 is 0.360 bits per heavy atom. The molecule has 0 saturated heterocycles. The summed E-state index contributed by atoms with van der Waals surface area (Å²) in [4.78, 5) is 12.2. The lowest BCUT2D eigenvalue weighted by atomic mass is 9.84. The van der Waals surface area contributed by atoms with Gasteiger partial charge in [0.15, 0.2) is 0 Å². The van der Waals surface area contributed by atoms with Crippen LogP contribution in [0.15, 0.2) is 274 Å². The molecule has 2 atom stereocenters. The highest BCUT2D eigenvalue weighted by Gasteiger charge is 2.36. The van der Waals surface area contributed by atoms with Gasteiger partial charge in [0, 0.05) is 29.6 Å². The van der Waals surface area contributed by atoms with E-state index in [1.54, 1.807) is 0 Å². The first-order chi connectivity index (χ1) is 37.1. The van der Waals surface area contributed by atoms with E-state index in [1.807, 2.05) is 36.7 Å². The molecule has 0 radical (unpaired) electrons. The van der Waals surface area contributed by atoms with Gasteiger partial charge in [-0.3, -0.25) is 9.97 Å². The summed E-state index contributed by atoms with van der Waals surface area (Å²) in [7, 11) is 0. The zero-order valence-electron chi connectivity index (χ0n) is 41.2. The van der Waals surface area contributed by atoms with E-state index in [2.05, 4.69) is 242 Å². The van der Waals surface area contributed by atoms with Gasteiger partial charge in [0.1, 0.15) is 0 Å². The Bertz CT molecular complexity index is 4070. The van der Waals surface area contributed by atoms with E-state index >= 15 is 0 Å². The largest absolute Gasteiger partial charge is 0.332 e. The molecule has 0 spiro atoms. The Balaban J connectivity index is 0.891. The Kier molecular flexibility index (Phi) is 11.6. The van der Waals surface area contributed by atoms with Crippen molar-refractivity contribution in [3.63, 3.8) is 0 Å². The Hall–Kier alpha value is -9.77. The van der Waals surface area contributed by atoms with E-state index in [0.29, 0.717) is 0 Å². The molecule has 0 bridgehead atoms. The number of hydrogen-bond acceptors (Lipinski definition) is 4. The maximum atomic E-state index is 8.20. The highest BCUT2D eigenvalue weighted by atomic mass is 15.2. The summed E-state index contributed by atoms with van der Waals surface area (Å²) >= 11 is 0. The van der Waals surface area contributed by atoms with E-state index in [1.165, 1.54) is 89.0 Å². The Labute approximate surface area is 437 Å². The molecule has 0 fully saturated rings. The minimum absolute atomic E-state index is 0.0698. The van der Waals surface area contributed by atoms with Crippen molar-refractivity contribution >= 4 is 39.1 Å². The van der Waals surface area contributed by atoms with Crippen molar-refractivity contribution in [1.82, 2.24) is 9.97 Å². The number of nitrogens with zero attached hydrogens (tertiary/aromatic N) is 3. The molecule has 0 amide bonds. The van der Waals surface area contributed by atoms with Crippen LogP contribution in [0.25, 0.3) is 111 Å². The lowest BCUT2D eigenvalue weighted by Crippen LogP contribution is -2.28. The molecule has 0 aliphatic carbocycles. The quantitative estimate of drug-likeness (QED) is 0.0798. The first kappa shape index (κ1) is 45.1. The summed E-state index contributed by atoms with van der Waals surface area (Å²) in [5.74, 6) is -0.0698. The summed E-state index contributed by atoms with van der Waals surface area (Å²) < 4.78 is 0. The van der Waals surface area contributed by atoms with Crippen LogP contribution in [-0.4, -0.2) is 22.2 Å². The third-order valence-corrected chi connectivity index (χ3v) is 15.0. The van der Waals surface area contributed by atoms with Gasteiger partial charge >= 0.3 is 0 Å². The van der Waals surface area contributed by atoms with E-state index in [4.69, 9.17) is 15.4 Å². The van der Waals surface area contributed by atoms with Crippen LogP contribution in [0.5, 0.6) is 0 Å². The van der Waals surface area contributed by atoms with E-state index < -0.39 is 0 Å². The van der Waals surface area contributed by atoms with Gasteiger partial charge in [0.2, 0.25) is 0 Å². The normalized spacial score (nSPS) is 13.9. The molecule has 2 unspecified atom stereocenters. The van der Waals surface area contributed by atoms with Crippen LogP contribution in [0.2, 0.25) is 0 Å². The molecule has 1 aliphatic heterocycles. The molecule has 2 aromatic heterocycles. The fourth-order valence-corrected chi connectivity index (χ4v) is 11.3. The second-order valence-electron chi connectivity index (χ2n) is 19.3. The number of anilines is 2. The first-order valence-electron chi connectivity index (χ1n) is 25.6. The van der Waals surface area contributed by atoms with Crippen LogP contribution in [0.3, 0.4) is 0 Å². The zero-order valence-corrected chi connectivity index (χ0v) is 41.2. The van der Waals surface area contributed by atoms with Crippen LogP contribution in [0.1, 0.15) is 11.5 Å². The molecule has 13 rings (SSSR count). The van der Waals surface area contributed by atoms with E-state index in [0.717, 1.165) is 45.0 Å². The summed E-state index contributed by atoms with van der Waals surface area (Å²) in [6, 6.07) is 89.3. The molecule has 4 heteroatoms. The molecular weight excluding hydrogens is 909 g/mol. The van der Waals surface area contributed by atoms with Crippen molar-refractivity contribution in [3.8, 4) is 89.3 Å². The van der Waals surface area contributed by atoms with Crippen LogP contribution in [0.4, 0.5) is 11.4 Å². The average Bonchev–Trinajstić information content (AvgIpc) is 3.83. The van der Waals surface area contributed by atoms with Crippen LogP contribution >= 0.6 is 0 Å². The van der Waals surface area contributed by atoms with Gasteiger partial charge in [-0.25, -0.2) is 0 Å². The number of benzene rings is 10. The molecular formula is C71H50N4. The average molecular weight is 959 g/mol. The van der Waals surface area contributed by atoms with Crippen molar-refractivity contribution in [2.75, 3.05) is 4.90 Å². The second-order valence-corrected chi connectivity index (χ2v) is 19.3. The fraction of sp³-hybridized carbons (Fsp3) is 0.0282. The molecule has 10 aromatic carbocycles. The summed E-state index contributed by atoms with van der Waals surface area (Å²) in [6.07, 6.45) is 7.32. The standard InChI is InChI=1S/C71H50N4/c1-2-68-65(44-72)60-23-11-12-26-69(60)75(68)59-37-40-67(74-46-59)66-39-36-58(45-73-66)57-35-38-63-64(43-57)71(52-33-29-50(30-34-52)56-22-14-20-54(42-56)48-17-7-4-8-18-48)62-25-10-9-24-61(62)70(63)51-31-27-49(28-32-51)55-21-13-19-53(41-55)47-15-5-3-6-16-47/h2-46,65,68,72H,1H2. The number of aromatic nitrogens is 2. The Morgan fingerprint density at radius 3 is 1.31 bits per heavy atom. The van der Waals surface area contributed by atoms with Gasteiger partial charge in [0.05, 0.1) is 29.3 Å². The summed E-state index contributed by atoms with van der Waals surface area (Å²) in [6.45, 7) is 4.14. The Morgan fingerprint density at radius 2 is 0.787 bits per heavy atom. The molecule has 12 aromatic rings. The molecule has 0 saturated carbocycles. The number of hydrogen-bond donors (Lipinski definition) is 1. The monoisotopic (exact) mass is 958 g/mol. The number of nitrogens with one attached hydrogen (secondary N) is 1. The van der Waals surface area contributed by atoms with E-state index in [9.17, 15) is 0 Å². The summed E-state index contributed by atoms with van der Waals surface area (Å²) in [5.41, 5.74) is 21.1. The molecule has 1 N–H and O–H groups in total. The van der Waals surface area contributed by atoms with Gasteiger partial charge in [-0.2, -0.15) is 0 Å². The molecule has 1 aliphatic rings. The number of para-hydroxylation sites is 1. The third kappa shape index (κ3) is 8.29. The van der Waals surface area contributed by atoms with Crippen LogP contribution in [0, 0.1) is 5.41 Å². The number of pyridine rings is 2.